The van der Waals surface area contributed by atoms with Crippen molar-refractivity contribution >= 4 is 33.2 Å². The molecular formula is C28H36N4O6S. The van der Waals surface area contributed by atoms with Gasteiger partial charge in [0.25, 0.3) is 0 Å². The van der Waals surface area contributed by atoms with Crippen molar-refractivity contribution in [2.75, 3.05) is 43.9 Å². The number of sulfonamides is 1. The van der Waals surface area contributed by atoms with Crippen LogP contribution in [0.15, 0.2) is 24.3 Å². The van der Waals surface area contributed by atoms with E-state index in [1.165, 1.54) is 4.31 Å². The number of amidine groups is 1. The normalized spacial score (nSPS) is 15.0. The maximum atomic E-state index is 13.6. The number of ketones is 1. The third-order valence-electron chi connectivity index (χ3n) is 6.89. The fourth-order valence-corrected chi connectivity index (χ4v) is 5.83. The van der Waals surface area contributed by atoms with E-state index in [0.717, 1.165) is 17.4 Å². The number of nitrogens with zero attached hydrogens (tertiary/aromatic N) is 2. The van der Waals surface area contributed by atoms with Crippen molar-refractivity contribution in [1.82, 2.24) is 10.2 Å². The van der Waals surface area contributed by atoms with Crippen LogP contribution in [0.4, 0.5) is 5.69 Å². The lowest BCUT2D eigenvalue weighted by atomic mass is 9.84. The molecule has 2 N–H and O–H groups in total. The number of benzene rings is 2. The fraction of sp³-hybridized carbons (Fsp3) is 0.464. The number of rotatable bonds is 8. The number of likely N-dealkylation sites (N-methyl/N-ethyl adjacent to an activating group) is 1. The van der Waals surface area contributed by atoms with Gasteiger partial charge in [-0.1, -0.05) is 20.8 Å². The number of ether oxygens (including phenoxy) is 2. The molecule has 39 heavy (non-hydrogen) atoms. The van der Waals surface area contributed by atoms with E-state index in [0.29, 0.717) is 47.0 Å². The van der Waals surface area contributed by atoms with Gasteiger partial charge in [0, 0.05) is 35.8 Å². The van der Waals surface area contributed by atoms with E-state index in [1.54, 1.807) is 30.1 Å². The monoisotopic (exact) mass is 556 g/mol. The first-order valence-electron chi connectivity index (χ1n) is 12.9. The Kier molecular flexibility index (Phi) is 7.66. The summed E-state index contributed by atoms with van der Waals surface area (Å²) in [6.07, 6.45) is 1.26. The summed E-state index contributed by atoms with van der Waals surface area (Å²) in [7, 11) is -2.01. The maximum Gasteiger partial charge on any atom is 0.232 e. The molecule has 2 heterocycles. The second-order valence-electron chi connectivity index (χ2n) is 10.8. The molecular weight excluding hydrogens is 520 g/mol. The summed E-state index contributed by atoms with van der Waals surface area (Å²) in [5.74, 6) is 0.849. The number of hydrogen-bond donors (Lipinski definition) is 2. The molecule has 0 fully saturated rings. The zero-order valence-electron chi connectivity index (χ0n) is 23.3. The topological polar surface area (TPSA) is 129 Å². The molecule has 0 saturated carbocycles. The molecule has 0 aromatic heterocycles. The van der Waals surface area contributed by atoms with Crippen LogP contribution in [-0.2, 0) is 33.2 Å². The lowest BCUT2D eigenvalue weighted by molar-refractivity contribution is -0.119. The third kappa shape index (κ3) is 5.73. The Labute approximate surface area is 229 Å². The summed E-state index contributed by atoms with van der Waals surface area (Å²) in [5.41, 5.74) is 3.23. The number of nitrogens with one attached hydrogen (secondary N) is 2. The van der Waals surface area contributed by atoms with Crippen molar-refractivity contribution in [2.24, 2.45) is 0 Å². The Bertz CT molecular complexity index is 1440. The van der Waals surface area contributed by atoms with Gasteiger partial charge in [-0.15, -0.1) is 0 Å². The first kappa shape index (κ1) is 28.4. The molecule has 2 aliphatic heterocycles. The van der Waals surface area contributed by atoms with E-state index in [1.807, 2.05) is 33.8 Å². The molecule has 1 amide bonds. The molecule has 2 aromatic carbocycles. The Morgan fingerprint density at radius 1 is 1.18 bits per heavy atom. The van der Waals surface area contributed by atoms with Gasteiger partial charge in [0.1, 0.15) is 23.9 Å². The van der Waals surface area contributed by atoms with E-state index < -0.39 is 15.4 Å². The van der Waals surface area contributed by atoms with Crippen LogP contribution in [0.25, 0.3) is 0 Å². The number of carbonyl (C=O) groups is 2. The average molecular weight is 557 g/mol. The van der Waals surface area contributed by atoms with Crippen LogP contribution in [0.5, 0.6) is 11.5 Å². The molecule has 0 radical (unpaired) electrons. The largest absolute Gasteiger partial charge is 0.494 e. The van der Waals surface area contributed by atoms with Gasteiger partial charge in [0.05, 0.1) is 38.1 Å². The van der Waals surface area contributed by atoms with Crippen LogP contribution < -0.4 is 19.1 Å². The molecule has 2 aromatic rings. The molecule has 10 nitrogen and oxygen atoms in total. The van der Waals surface area contributed by atoms with Gasteiger partial charge < -0.3 is 19.7 Å². The minimum Gasteiger partial charge on any atom is -0.494 e. The first-order valence-corrected chi connectivity index (χ1v) is 14.7. The van der Waals surface area contributed by atoms with E-state index >= 15 is 0 Å². The van der Waals surface area contributed by atoms with E-state index in [4.69, 9.17) is 14.9 Å². The number of amides is 1. The van der Waals surface area contributed by atoms with Crippen LogP contribution in [0.2, 0.25) is 0 Å². The highest BCUT2D eigenvalue weighted by atomic mass is 32.2. The van der Waals surface area contributed by atoms with Crippen molar-refractivity contribution in [3.05, 3.63) is 52.1 Å². The first-order chi connectivity index (χ1) is 18.2. The quantitative estimate of drug-likeness (QED) is 0.479. The predicted molar refractivity (Wildman–Crippen MR) is 150 cm³/mol. The van der Waals surface area contributed by atoms with Crippen LogP contribution in [0.1, 0.15) is 60.3 Å². The number of fused-ring (bicyclic) bond motifs is 2. The molecule has 0 atom stereocenters. The van der Waals surface area contributed by atoms with Gasteiger partial charge in [-0.25, -0.2) is 8.42 Å². The number of carbonyl (C=O) groups excluding carboxylic acids is 2. The highest BCUT2D eigenvalue weighted by molar-refractivity contribution is 7.92. The Hall–Kier alpha value is -3.60. The predicted octanol–water partition coefficient (Wildman–Crippen LogP) is 2.85. The molecule has 0 bridgehead atoms. The maximum absolute atomic E-state index is 13.6. The third-order valence-corrected chi connectivity index (χ3v) is 8.07. The smallest absolute Gasteiger partial charge is 0.232 e. The van der Waals surface area contributed by atoms with Crippen molar-refractivity contribution in [3.63, 3.8) is 0 Å². The molecule has 0 spiro atoms. The summed E-state index contributed by atoms with van der Waals surface area (Å²) < 4.78 is 38.0. The average Bonchev–Trinajstić information content (AvgIpc) is 3.15. The lowest BCUT2D eigenvalue weighted by Crippen LogP contribution is -2.38. The van der Waals surface area contributed by atoms with Gasteiger partial charge >= 0.3 is 0 Å². The standard InChI is InChI=1S/C28H36N4O6S/c1-7-37-24-13-19-15-31(27(29)20(19)10-18(24)14-25(34)30-5)16-23(33)17-11-21(28(2,3)4)26-22(12-17)32(8-9-38-26)39(6,35)36/h10-13,29H,7-9,14-16H2,1-6H3,(H,30,34). The Morgan fingerprint density at radius 2 is 1.90 bits per heavy atom. The second kappa shape index (κ2) is 10.5. The summed E-state index contributed by atoms with van der Waals surface area (Å²) in [4.78, 5) is 27.3. The molecule has 0 unspecified atom stereocenters. The van der Waals surface area contributed by atoms with Crippen LogP contribution >= 0.6 is 0 Å². The molecule has 210 valence electrons. The van der Waals surface area contributed by atoms with Gasteiger partial charge in [-0.05, 0) is 42.2 Å². The highest BCUT2D eigenvalue weighted by Crippen LogP contribution is 2.43. The zero-order chi connectivity index (χ0) is 28.7. The van der Waals surface area contributed by atoms with Crippen molar-refractivity contribution in [1.29, 1.82) is 5.41 Å². The number of anilines is 1. The summed E-state index contributed by atoms with van der Waals surface area (Å²) in [6.45, 7) is 8.92. The van der Waals surface area contributed by atoms with E-state index in [9.17, 15) is 18.0 Å². The van der Waals surface area contributed by atoms with Gasteiger partial charge in [0.15, 0.2) is 5.78 Å². The minimum atomic E-state index is -3.58. The van der Waals surface area contributed by atoms with Gasteiger partial charge in [0.2, 0.25) is 15.9 Å². The Balaban J connectivity index is 1.66. The van der Waals surface area contributed by atoms with Crippen LogP contribution in [0, 0.1) is 5.41 Å². The fourth-order valence-electron chi connectivity index (χ4n) is 4.93. The molecule has 0 aliphatic carbocycles. The van der Waals surface area contributed by atoms with Gasteiger partial charge in [-0.2, -0.15) is 0 Å². The second-order valence-corrected chi connectivity index (χ2v) is 12.7. The molecule has 4 rings (SSSR count). The van der Waals surface area contributed by atoms with Crippen molar-refractivity contribution < 1.29 is 27.5 Å². The molecule has 0 saturated heterocycles. The van der Waals surface area contributed by atoms with Gasteiger partial charge in [-0.3, -0.25) is 19.3 Å². The van der Waals surface area contributed by atoms with Crippen molar-refractivity contribution in [3.8, 4) is 11.5 Å². The molecule has 2 aliphatic rings. The number of Topliss-reactive ketones (excluding diaryl/α,β-unsaturated/α-hetero) is 1. The minimum absolute atomic E-state index is 0.0651. The zero-order valence-corrected chi connectivity index (χ0v) is 24.1. The van der Waals surface area contributed by atoms with E-state index in [-0.39, 0.29) is 43.6 Å². The van der Waals surface area contributed by atoms with E-state index in [2.05, 4.69) is 5.32 Å². The van der Waals surface area contributed by atoms with Crippen LogP contribution in [-0.4, -0.2) is 70.5 Å². The number of hydrogen-bond acceptors (Lipinski definition) is 7. The Morgan fingerprint density at radius 3 is 2.51 bits per heavy atom. The lowest BCUT2D eigenvalue weighted by Gasteiger charge is -2.34. The van der Waals surface area contributed by atoms with Crippen molar-refractivity contribution in [2.45, 2.75) is 46.1 Å². The molecule has 11 heteroatoms. The summed E-state index contributed by atoms with van der Waals surface area (Å²) in [6, 6.07) is 6.98. The summed E-state index contributed by atoms with van der Waals surface area (Å²) in [5, 5.41) is 11.4. The SMILES string of the molecule is CCOc1cc2c(cc1CC(=O)NC)C(=N)N(CC(=O)c1cc3c(c(C(C)(C)C)c1)OCCN3S(C)(=O)=O)C2. The summed E-state index contributed by atoms with van der Waals surface area (Å²) >= 11 is 0. The highest BCUT2D eigenvalue weighted by Gasteiger charge is 2.33. The van der Waals surface area contributed by atoms with Crippen LogP contribution in [0.3, 0.4) is 0 Å².